The van der Waals surface area contributed by atoms with Gasteiger partial charge in [-0.2, -0.15) is 0 Å². The molecule has 0 heterocycles. The molecule has 1 heteroatoms. The predicted octanol–water partition coefficient (Wildman–Crippen LogP) is 1.63. The second-order valence-corrected chi connectivity index (χ2v) is 1.24. The van der Waals surface area contributed by atoms with Crippen LogP contribution in [0.15, 0.2) is 0 Å². The van der Waals surface area contributed by atoms with Gasteiger partial charge < -0.3 is 5.73 Å². The largest absolute Gasteiger partial charge is 0.328 e. The van der Waals surface area contributed by atoms with Crippen LogP contribution in [-0.4, -0.2) is 6.04 Å². The lowest BCUT2D eigenvalue weighted by Crippen LogP contribution is -2.06. The summed E-state index contributed by atoms with van der Waals surface area (Å²) in [6, 6.07) is 0.333. The van der Waals surface area contributed by atoms with Gasteiger partial charge in [-0.1, -0.05) is 28.7 Å². The van der Waals surface area contributed by atoms with E-state index in [2.05, 4.69) is 0 Å². The Kier molecular flexibility index (Phi) is 24.8. The summed E-state index contributed by atoms with van der Waals surface area (Å²) in [7, 11) is 0. The Bertz CT molecular complexity index is 8.66. The van der Waals surface area contributed by atoms with Crippen molar-refractivity contribution in [3.63, 3.8) is 0 Å². The van der Waals surface area contributed by atoms with Crippen molar-refractivity contribution in [2.45, 2.75) is 34.7 Å². The van der Waals surface area contributed by atoms with E-state index < -0.39 is 0 Å². The van der Waals surface area contributed by atoms with Crippen molar-refractivity contribution in [2.75, 3.05) is 0 Å². The maximum Gasteiger partial charge on any atom is -0.00179 e. The number of hydrogen-bond donors (Lipinski definition) is 1. The molecule has 0 aliphatic carbocycles. The van der Waals surface area contributed by atoms with E-state index in [9.17, 15) is 0 Å². The van der Waals surface area contributed by atoms with Crippen LogP contribution in [0.3, 0.4) is 0 Å². The molecule has 42 valence electrons. The van der Waals surface area contributed by atoms with Gasteiger partial charge in [-0.15, -0.1) is 0 Å². The molecule has 0 radical (unpaired) electrons. The Labute approximate surface area is 41.6 Å². The molecule has 0 amide bonds. The minimum absolute atomic E-state index is 0. The van der Waals surface area contributed by atoms with Gasteiger partial charge in [0.25, 0.3) is 0 Å². The van der Waals surface area contributed by atoms with Crippen molar-refractivity contribution in [3.05, 3.63) is 0 Å². The first-order valence-electron chi connectivity index (χ1n) is 1.49. The van der Waals surface area contributed by atoms with Gasteiger partial charge in [-0.05, 0) is 6.04 Å². The lowest BCUT2D eigenvalue weighted by Gasteiger charge is -1.81. The summed E-state index contributed by atoms with van der Waals surface area (Å²) in [5.74, 6) is 0. The van der Waals surface area contributed by atoms with Gasteiger partial charge in [0, 0.05) is 0 Å². The van der Waals surface area contributed by atoms with E-state index in [1.165, 1.54) is 0 Å². The van der Waals surface area contributed by atoms with Crippen LogP contribution in [0.2, 0.25) is 0 Å². The molecule has 2 N–H and O–H groups in total. The van der Waals surface area contributed by atoms with Gasteiger partial charge >= 0.3 is 0 Å². The highest BCUT2D eigenvalue weighted by Crippen LogP contribution is 1.58. The van der Waals surface area contributed by atoms with Crippen LogP contribution >= 0.6 is 0 Å². The topological polar surface area (TPSA) is 26.0 Å². The second-order valence-electron chi connectivity index (χ2n) is 1.24. The second kappa shape index (κ2) is 8.88. The molecule has 0 aromatic carbocycles. The third-order valence-corrected chi connectivity index (χ3v) is 0. The van der Waals surface area contributed by atoms with E-state index in [0.717, 1.165) is 0 Å². The van der Waals surface area contributed by atoms with Crippen molar-refractivity contribution in [3.8, 4) is 0 Å². The molecule has 0 aliphatic rings. The summed E-state index contributed by atoms with van der Waals surface area (Å²) in [5, 5.41) is 0. The summed E-state index contributed by atoms with van der Waals surface area (Å²) < 4.78 is 0. The first-order valence-corrected chi connectivity index (χ1v) is 1.49. The Hall–Kier alpha value is -0.0400. The van der Waals surface area contributed by atoms with Gasteiger partial charge in [-0.3, -0.25) is 0 Å². The summed E-state index contributed by atoms with van der Waals surface area (Å²) >= 11 is 0. The number of rotatable bonds is 0. The molecule has 0 fully saturated rings. The van der Waals surface area contributed by atoms with Crippen LogP contribution in [-0.2, 0) is 0 Å². The van der Waals surface area contributed by atoms with E-state index in [-0.39, 0.29) is 14.9 Å². The molecule has 6 heavy (non-hydrogen) atoms. The predicted molar refractivity (Wildman–Crippen MR) is 32.8 cm³/mol. The van der Waals surface area contributed by atoms with Gasteiger partial charge in [-0.25, -0.2) is 0 Å². The zero-order valence-electron chi connectivity index (χ0n) is 3.15. The highest BCUT2D eigenvalue weighted by atomic mass is 14.6. The average molecular weight is 91.2 g/mol. The molecule has 0 bridgehead atoms. The quantitative estimate of drug-likeness (QED) is 0.481. The highest BCUT2D eigenvalue weighted by molar-refractivity contribution is 4.32. The maximum atomic E-state index is 5.11. The Morgan fingerprint density at radius 2 is 1.17 bits per heavy atom. The average Bonchev–Trinajstić information content (AvgIpc) is 0.811. The van der Waals surface area contributed by atoms with E-state index in [0.29, 0.717) is 6.04 Å². The van der Waals surface area contributed by atoms with E-state index in [1.54, 1.807) is 0 Å². The fourth-order valence-electron chi connectivity index (χ4n) is 0. The van der Waals surface area contributed by atoms with Crippen LogP contribution in [0.5, 0.6) is 0 Å². The smallest absolute Gasteiger partial charge is 0.00179 e. The summed E-state index contributed by atoms with van der Waals surface area (Å²) in [5.41, 5.74) is 5.11. The first-order chi connectivity index (χ1) is 1.73. The van der Waals surface area contributed by atoms with Crippen LogP contribution < -0.4 is 5.73 Å². The fourth-order valence-corrected chi connectivity index (χ4v) is 0. The Morgan fingerprint density at radius 1 is 1.17 bits per heavy atom. The van der Waals surface area contributed by atoms with E-state index in [1.807, 2.05) is 13.8 Å². The van der Waals surface area contributed by atoms with Gasteiger partial charge in [0.2, 0.25) is 0 Å². The maximum absolute atomic E-state index is 5.11. The molecule has 0 atom stereocenters. The third kappa shape index (κ3) is 21700. The minimum Gasteiger partial charge on any atom is -0.328 e. The minimum atomic E-state index is 0. The molecule has 0 saturated carbocycles. The molecule has 0 aliphatic heterocycles. The van der Waals surface area contributed by atoms with Crippen molar-refractivity contribution >= 4 is 0 Å². The lowest BCUT2D eigenvalue weighted by atomic mass is 10.5. The molecule has 0 spiro atoms. The van der Waals surface area contributed by atoms with E-state index >= 15 is 0 Å². The molecule has 0 aromatic heterocycles. The van der Waals surface area contributed by atoms with Crippen molar-refractivity contribution in [2.24, 2.45) is 5.73 Å². The van der Waals surface area contributed by atoms with Crippen LogP contribution in [0.4, 0.5) is 0 Å². The SMILES string of the molecule is C.C.CC(C)N. The molecule has 0 saturated heterocycles. The highest BCUT2D eigenvalue weighted by Gasteiger charge is 1.67. The van der Waals surface area contributed by atoms with Crippen LogP contribution in [0.1, 0.15) is 28.7 Å². The van der Waals surface area contributed by atoms with Gasteiger partial charge in [0.05, 0.1) is 0 Å². The molecular weight excluding hydrogens is 74.1 g/mol. The molecule has 1 nitrogen and oxygen atoms in total. The fraction of sp³-hybridized carbons (Fsp3) is 1.00. The zero-order valence-corrected chi connectivity index (χ0v) is 3.15. The Balaban J connectivity index is -0.0000000450. The van der Waals surface area contributed by atoms with Crippen molar-refractivity contribution < 1.29 is 0 Å². The Morgan fingerprint density at radius 3 is 1.17 bits per heavy atom. The van der Waals surface area contributed by atoms with E-state index in [4.69, 9.17) is 5.73 Å². The first kappa shape index (κ1) is 16.7. The molecule has 0 rings (SSSR count). The molecular formula is C5H17N. The monoisotopic (exact) mass is 91.1 g/mol. The summed E-state index contributed by atoms with van der Waals surface area (Å²) in [4.78, 5) is 0. The standard InChI is InChI=1S/C3H9N.2CH4/c1-3(2)4;;/h3H,4H2,1-2H3;2*1H4. The zero-order chi connectivity index (χ0) is 3.58. The van der Waals surface area contributed by atoms with Gasteiger partial charge in [0.1, 0.15) is 0 Å². The van der Waals surface area contributed by atoms with Gasteiger partial charge in [0.15, 0.2) is 0 Å². The number of hydrogen-bond acceptors (Lipinski definition) is 1. The molecule has 0 aromatic rings. The number of nitrogens with two attached hydrogens (primary N) is 1. The van der Waals surface area contributed by atoms with Crippen molar-refractivity contribution in [1.82, 2.24) is 0 Å². The normalized spacial score (nSPS) is 6.00. The van der Waals surface area contributed by atoms with Crippen molar-refractivity contribution in [1.29, 1.82) is 0 Å². The third-order valence-electron chi connectivity index (χ3n) is 0. The summed E-state index contributed by atoms with van der Waals surface area (Å²) in [6.07, 6.45) is 0. The lowest BCUT2D eigenvalue weighted by molar-refractivity contribution is 0.834. The van der Waals surface area contributed by atoms with Crippen LogP contribution in [0, 0.1) is 0 Å². The molecule has 0 unspecified atom stereocenters. The van der Waals surface area contributed by atoms with Crippen LogP contribution in [0.25, 0.3) is 0 Å². The summed E-state index contributed by atoms with van der Waals surface area (Å²) in [6.45, 7) is 3.89.